The molecule has 0 aliphatic heterocycles. The average Bonchev–Trinajstić information content (AvgIpc) is 2.56. The Labute approximate surface area is 124 Å². The fraction of sp³-hybridized carbons (Fsp3) is 0.250. The second-order valence-corrected chi connectivity index (χ2v) is 4.41. The lowest BCUT2D eigenvalue weighted by atomic mass is 10.1. The number of ether oxygens (including phenoxy) is 2. The number of benzene rings is 1. The third kappa shape index (κ3) is 3.71. The Morgan fingerprint density at radius 1 is 1.14 bits per heavy atom. The molecule has 2 aromatic rings. The molecule has 1 aromatic carbocycles. The van der Waals surface area contributed by atoms with E-state index in [-0.39, 0.29) is 0 Å². The van der Waals surface area contributed by atoms with Gasteiger partial charge in [0.15, 0.2) is 11.5 Å². The van der Waals surface area contributed by atoms with Crippen LogP contribution in [-0.2, 0) is 6.54 Å². The minimum atomic E-state index is -0.419. The minimum Gasteiger partial charge on any atom is -0.493 e. The molecule has 0 aliphatic rings. The first-order valence-electron chi connectivity index (χ1n) is 6.52. The van der Waals surface area contributed by atoms with E-state index in [9.17, 15) is 5.26 Å². The number of hydrogen-bond acceptors (Lipinski definition) is 5. The molecule has 0 fully saturated rings. The zero-order valence-corrected chi connectivity index (χ0v) is 12.0. The van der Waals surface area contributed by atoms with Gasteiger partial charge in [0.2, 0.25) is 0 Å². The Hall–Kier alpha value is -2.58. The number of methoxy groups -OCH3 is 2. The zero-order chi connectivity index (χ0) is 15.1. The van der Waals surface area contributed by atoms with E-state index in [1.165, 1.54) is 0 Å². The highest BCUT2D eigenvalue weighted by Crippen LogP contribution is 2.29. The van der Waals surface area contributed by atoms with Gasteiger partial charge in [0.05, 0.1) is 20.3 Å². The SMILES string of the molecule is COc1ccc(C(C#N)NCc2ccncc2)cc1OC. The van der Waals surface area contributed by atoms with Crippen molar-refractivity contribution < 1.29 is 9.47 Å². The number of pyridine rings is 1. The summed E-state index contributed by atoms with van der Waals surface area (Å²) in [6, 6.07) is 11.1. The molecule has 1 N–H and O–H groups in total. The van der Waals surface area contributed by atoms with Gasteiger partial charge in [-0.1, -0.05) is 6.07 Å². The second-order valence-electron chi connectivity index (χ2n) is 4.41. The van der Waals surface area contributed by atoms with Crippen LogP contribution in [0, 0.1) is 11.3 Å². The number of nitriles is 1. The first-order chi connectivity index (χ1) is 10.3. The van der Waals surface area contributed by atoms with Crippen molar-refractivity contribution in [1.82, 2.24) is 10.3 Å². The normalized spacial score (nSPS) is 11.5. The Kier molecular flexibility index (Phi) is 5.13. The van der Waals surface area contributed by atoms with Crippen LogP contribution in [0.3, 0.4) is 0 Å². The summed E-state index contributed by atoms with van der Waals surface area (Å²) < 4.78 is 10.5. The first-order valence-corrected chi connectivity index (χ1v) is 6.52. The molecule has 1 unspecified atom stereocenters. The third-order valence-corrected chi connectivity index (χ3v) is 3.13. The highest BCUT2D eigenvalue weighted by Gasteiger charge is 2.13. The van der Waals surface area contributed by atoms with Crippen LogP contribution >= 0.6 is 0 Å². The van der Waals surface area contributed by atoms with E-state index < -0.39 is 6.04 Å². The summed E-state index contributed by atoms with van der Waals surface area (Å²) in [6.07, 6.45) is 3.46. The van der Waals surface area contributed by atoms with Crippen LogP contribution in [0.25, 0.3) is 0 Å². The summed E-state index contributed by atoms with van der Waals surface area (Å²) in [5.74, 6) is 1.26. The van der Waals surface area contributed by atoms with Gasteiger partial charge >= 0.3 is 0 Å². The van der Waals surface area contributed by atoms with E-state index in [4.69, 9.17) is 9.47 Å². The molecule has 21 heavy (non-hydrogen) atoms. The fourth-order valence-electron chi connectivity index (χ4n) is 1.99. The molecule has 0 spiro atoms. The molecular weight excluding hydrogens is 266 g/mol. The third-order valence-electron chi connectivity index (χ3n) is 3.13. The summed E-state index contributed by atoms with van der Waals surface area (Å²) >= 11 is 0. The van der Waals surface area contributed by atoms with Gasteiger partial charge in [0.25, 0.3) is 0 Å². The highest BCUT2D eigenvalue weighted by atomic mass is 16.5. The highest BCUT2D eigenvalue weighted by molar-refractivity contribution is 5.44. The summed E-state index contributed by atoms with van der Waals surface area (Å²) in [4.78, 5) is 3.97. The van der Waals surface area contributed by atoms with Crippen molar-refractivity contribution in [2.75, 3.05) is 14.2 Å². The number of aromatic nitrogens is 1. The lowest BCUT2D eigenvalue weighted by Crippen LogP contribution is -2.19. The molecule has 108 valence electrons. The van der Waals surface area contributed by atoms with Crippen molar-refractivity contribution in [3.63, 3.8) is 0 Å². The maximum Gasteiger partial charge on any atom is 0.161 e. The van der Waals surface area contributed by atoms with E-state index in [1.54, 1.807) is 32.7 Å². The molecule has 0 radical (unpaired) electrons. The summed E-state index contributed by atoms with van der Waals surface area (Å²) in [6.45, 7) is 0.592. The number of nitrogens with one attached hydrogen (secondary N) is 1. The molecule has 5 heteroatoms. The van der Waals surface area contributed by atoms with Gasteiger partial charge < -0.3 is 9.47 Å². The monoisotopic (exact) mass is 283 g/mol. The van der Waals surface area contributed by atoms with Crippen molar-refractivity contribution >= 4 is 0 Å². The molecule has 5 nitrogen and oxygen atoms in total. The predicted molar refractivity (Wildman–Crippen MR) is 79.0 cm³/mol. The topological polar surface area (TPSA) is 67.2 Å². The van der Waals surface area contributed by atoms with Crippen molar-refractivity contribution in [3.8, 4) is 17.6 Å². The molecule has 1 atom stereocenters. The predicted octanol–water partition coefficient (Wildman–Crippen LogP) is 2.45. The van der Waals surface area contributed by atoms with Crippen molar-refractivity contribution in [2.45, 2.75) is 12.6 Å². The van der Waals surface area contributed by atoms with Crippen LogP contribution in [0.4, 0.5) is 0 Å². The lowest BCUT2D eigenvalue weighted by Gasteiger charge is -2.14. The fourth-order valence-corrected chi connectivity index (χ4v) is 1.99. The molecule has 2 rings (SSSR count). The summed E-state index contributed by atoms with van der Waals surface area (Å²) in [5, 5.41) is 12.6. The molecule has 0 aliphatic carbocycles. The van der Waals surface area contributed by atoms with E-state index in [1.807, 2.05) is 24.3 Å². The van der Waals surface area contributed by atoms with E-state index in [0.717, 1.165) is 11.1 Å². The van der Waals surface area contributed by atoms with Crippen molar-refractivity contribution in [2.24, 2.45) is 0 Å². The van der Waals surface area contributed by atoms with Crippen molar-refractivity contribution in [1.29, 1.82) is 5.26 Å². The van der Waals surface area contributed by atoms with Gasteiger partial charge in [-0.15, -0.1) is 0 Å². The minimum absolute atomic E-state index is 0.419. The summed E-state index contributed by atoms with van der Waals surface area (Å²) in [5.41, 5.74) is 1.91. The lowest BCUT2D eigenvalue weighted by molar-refractivity contribution is 0.354. The number of rotatable bonds is 6. The quantitative estimate of drug-likeness (QED) is 0.882. The smallest absolute Gasteiger partial charge is 0.161 e. The second kappa shape index (κ2) is 7.27. The Morgan fingerprint density at radius 3 is 2.48 bits per heavy atom. The van der Waals surface area contributed by atoms with Crippen molar-refractivity contribution in [3.05, 3.63) is 53.9 Å². The average molecular weight is 283 g/mol. The molecule has 0 bridgehead atoms. The summed E-state index contributed by atoms with van der Waals surface area (Å²) in [7, 11) is 3.16. The van der Waals surface area contributed by atoms with Gasteiger partial charge in [-0.25, -0.2) is 0 Å². The molecular formula is C16H17N3O2. The number of nitrogens with zero attached hydrogens (tertiary/aromatic N) is 2. The zero-order valence-electron chi connectivity index (χ0n) is 12.0. The van der Waals surface area contributed by atoms with Gasteiger partial charge in [-0.2, -0.15) is 5.26 Å². The van der Waals surface area contributed by atoms with Crippen LogP contribution in [0.5, 0.6) is 11.5 Å². The van der Waals surface area contributed by atoms with E-state index in [2.05, 4.69) is 16.4 Å². The molecule has 0 saturated heterocycles. The van der Waals surface area contributed by atoms with Crippen LogP contribution in [-0.4, -0.2) is 19.2 Å². The van der Waals surface area contributed by atoms with Crippen LogP contribution in [0.1, 0.15) is 17.2 Å². The molecule has 1 aromatic heterocycles. The standard InChI is InChI=1S/C16H17N3O2/c1-20-15-4-3-13(9-16(15)21-2)14(10-17)19-11-12-5-7-18-8-6-12/h3-9,14,19H,11H2,1-2H3. The Bertz CT molecular complexity index is 623. The molecule has 0 amide bonds. The molecule has 1 heterocycles. The Balaban J connectivity index is 2.12. The first kappa shape index (κ1) is 14.8. The number of hydrogen-bond donors (Lipinski definition) is 1. The van der Waals surface area contributed by atoms with E-state index >= 15 is 0 Å². The Morgan fingerprint density at radius 2 is 1.86 bits per heavy atom. The largest absolute Gasteiger partial charge is 0.493 e. The molecule has 0 saturated carbocycles. The van der Waals surface area contributed by atoms with Gasteiger partial charge in [-0.3, -0.25) is 10.3 Å². The maximum absolute atomic E-state index is 9.35. The van der Waals surface area contributed by atoms with Gasteiger partial charge in [-0.05, 0) is 35.4 Å². The van der Waals surface area contributed by atoms with Gasteiger partial charge in [0, 0.05) is 18.9 Å². The maximum atomic E-state index is 9.35. The van der Waals surface area contributed by atoms with Crippen LogP contribution in [0.2, 0.25) is 0 Å². The van der Waals surface area contributed by atoms with E-state index in [0.29, 0.717) is 18.0 Å². The van der Waals surface area contributed by atoms with Gasteiger partial charge in [0.1, 0.15) is 6.04 Å². The van der Waals surface area contributed by atoms with Crippen LogP contribution in [0.15, 0.2) is 42.7 Å². The van der Waals surface area contributed by atoms with Crippen LogP contribution < -0.4 is 14.8 Å².